The molecular weight excluding hydrogens is 262 g/mol. The number of fused-ring (bicyclic) bond motifs is 1. The molecule has 106 valence electrons. The maximum atomic E-state index is 2.53. The number of benzene rings is 1. The molecule has 0 N–H and O–H groups in total. The van der Waals surface area contributed by atoms with Crippen molar-refractivity contribution < 1.29 is 4.57 Å². The Hall–Kier alpha value is -1.15. The quantitative estimate of drug-likeness (QED) is 0.585. The Morgan fingerprint density at radius 1 is 1.05 bits per heavy atom. The minimum absolute atomic E-state index is 0.188. The van der Waals surface area contributed by atoms with Crippen molar-refractivity contribution in [2.24, 2.45) is 0 Å². The van der Waals surface area contributed by atoms with Gasteiger partial charge < -0.3 is 0 Å². The largest absolute Gasteiger partial charge is 0.225 e. The molecule has 0 fully saturated rings. The Morgan fingerprint density at radius 3 is 2.60 bits per heavy atom. The second kappa shape index (κ2) is 5.69. The molecule has 0 spiro atoms. The predicted octanol–water partition coefficient (Wildman–Crippen LogP) is 4.28. The molecule has 1 aromatic heterocycles. The van der Waals surface area contributed by atoms with Gasteiger partial charge in [-0.05, 0) is 38.7 Å². The van der Waals surface area contributed by atoms with Crippen LogP contribution in [0.4, 0.5) is 0 Å². The fourth-order valence-corrected chi connectivity index (χ4v) is 4.27. The normalized spacial score (nSPS) is 15.7. The maximum Gasteiger partial charge on any atom is 0.225 e. The summed E-state index contributed by atoms with van der Waals surface area (Å²) < 4.78 is 2.53. The molecule has 0 radical (unpaired) electrons. The van der Waals surface area contributed by atoms with E-state index in [-0.39, 0.29) is 5.41 Å². The van der Waals surface area contributed by atoms with E-state index in [1.54, 1.807) is 10.6 Å². The second-order valence-electron chi connectivity index (χ2n) is 6.53. The minimum atomic E-state index is 0.188. The standard InChI is InChI=1S/C18H24NS/c1-18(2,15-9-5-3-6-10-15)13-19-14-20-17-12-8-4-7-11-16(17)19/h3,5-6,9-10,14H,4,7-8,11-13H2,1-2H3/q+1. The summed E-state index contributed by atoms with van der Waals surface area (Å²) in [6.45, 7) is 5.80. The van der Waals surface area contributed by atoms with E-state index in [1.807, 2.05) is 11.3 Å². The van der Waals surface area contributed by atoms with E-state index in [2.05, 4.69) is 54.3 Å². The Balaban J connectivity index is 1.86. The van der Waals surface area contributed by atoms with Crippen LogP contribution >= 0.6 is 11.3 Å². The molecule has 1 nitrogen and oxygen atoms in total. The first-order valence-corrected chi connectivity index (χ1v) is 8.59. The summed E-state index contributed by atoms with van der Waals surface area (Å²) in [7, 11) is 0. The van der Waals surface area contributed by atoms with Crippen molar-refractivity contribution in [2.75, 3.05) is 0 Å². The van der Waals surface area contributed by atoms with Crippen LogP contribution in [0.2, 0.25) is 0 Å². The van der Waals surface area contributed by atoms with Crippen LogP contribution in [0.5, 0.6) is 0 Å². The molecule has 0 unspecified atom stereocenters. The predicted molar refractivity (Wildman–Crippen MR) is 85.2 cm³/mol. The van der Waals surface area contributed by atoms with E-state index in [9.17, 15) is 0 Å². The summed E-state index contributed by atoms with van der Waals surface area (Å²) in [5.41, 5.74) is 5.57. The first-order chi connectivity index (χ1) is 9.67. The van der Waals surface area contributed by atoms with Gasteiger partial charge in [-0.15, -0.1) is 0 Å². The number of thiazole rings is 1. The first-order valence-electron chi connectivity index (χ1n) is 7.71. The van der Waals surface area contributed by atoms with Crippen molar-refractivity contribution in [3.8, 4) is 0 Å². The third kappa shape index (κ3) is 2.80. The van der Waals surface area contributed by atoms with Gasteiger partial charge in [-0.1, -0.05) is 48.1 Å². The van der Waals surface area contributed by atoms with Gasteiger partial charge in [-0.3, -0.25) is 0 Å². The molecule has 0 atom stereocenters. The average molecular weight is 286 g/mol. The van der Waals surface area contributed by atoms with Crippen LogP contribution < -0.4 is 4.57 Å². The lowest BCUT2D eigenvalue weighted by atomic mass is 9.84. The van der Waals surface area contributed by atoms with E-state index in [0.717, 1.165) is 6.54 Å². The number of aromatic nitrogens is 1. The molecule has 0 bridgehead atoms. The monoisotopic (exact) mass is 286 g/mol. The first kappa shape index (κ1) is 13.8. The summed E-state index contributed by atoms with van der Waals surface area (Å²) in [6, 6.07) is 10.9. The van der Waals surface area contributed by atoms with Crippen LogP contribution in [-0.2, 0) is 24.8 Å². The van der Waals surface area contributed by atoms with E-state index < -0.39 is 0 Å². The molecule has 0 saturated carbocycles. The highest BCUT2D eigenvalue weighted by atomic mass is 32.1. The molecule has 2 heteroatoms. The van der Waals surface area contributed by atoms with Gasteiger partial charge >= 0.3 is 0 Å². The molecule has 0 amide bonds. The zero-order valence-corrected chi connectivity index (χ0v) is 13.4. The van der Waals surface area contributed by atoms with Crippen molar-refractivity contribution >= 4 is 11.3 Å². The van der Waals surface area contributed by atoms with Crippen molar-refractivity contribution in [1.29, 1.82) is 0 Å². The average Bonchev–Trinajstić information content (AvgIpc) is 2.68. The van der Waals surface area contributed by atoms with Gasteiger partial charge in [-0.2, -0.15) is 4.57 Å². The number of nitrogens with zero attached hydrogens (tertiary/aromatic N) is 1. The zero-order chi connectivity index (χ0) is 14.0. The maximum absolute atomic E-state index is 2.53. The molecule has 20 heavy (non-hydrogen) atoms. The van der Waals surface area contributed by atoms with Gasteiger partial charge in [-0.25, -0.2) is 0 Å². The van der Waals surface area contributed by atoms with Gasteiger partial charge in [0.05, 0.1) is 4.88 Å². The molecule has 1 aliphatic rings. The number of aryl methyl sites for hydroxylation is 1. The number of hydrogen-bond donors (Lipinski definition) is 0. The van der Waals surface area contributed by atoms with Crippen LogP contribution in [0.3, 0.4) is 0 Å². The number of hydrogen-bond acceptors (Lipinski definition) is 1. The van der Waals surface area contributed by atoms with Gasteiger partial charge in [0.2, 0.25) is 5.51 Å². The van der Waals surface area contributed by atoms with E-state index in [1.165, 1.54) is 37.7 Å². The summed E-state index contributed by atoms with van der Waals surface area (Å²) in [4.78, 5) is 1.63. The lowest BCUT2D eigenvalue weighted by Gasteiger charge is -2.21. The third-order valence-corrected chi connectivity index (χ3v) is 5.51. The highest BCUT2D eigenvalue weighted by Gasteiger charge is 2.30. The molecular formula is C18H24NS+. The van der Waals surface area contributed by atoms with Crippen LogP contribution in [0.15, 0.2) is 35.8 Å². The molecule has 2 aromatic rings. The van der Waals surface area contributed by atoms with Crippen LogP contribution in [0.1, 0.15) is 49.2 Å². The Bertz CT molecular complexity index is 568. The van der Waals surface area contributed by atoms with Crippen molar-refractivity contribution in [1.82, 2.24) is 0 Å². The second-order valence-corrected chi connectivity index (χ2v) is 7.47. The summed E-state index contributed by atoms with van der Waals surface area (Å²) >= 11 is 1.96. The summed E-state index contributed by atoms with van der Waals surface area (Å²) in [6.07, 6.45) is 6.68. The van der Waals surface area contributed by atoms with Gasteiger partial charge in [0.25, 0.3) is 0 Å². The number of rotatable bonds is 3. The smallest absolute Gasteiger partial charge is 0.192 e. The lowest BCUT2D eigenvalue weighted by Crippen LogP contribution is -2.44. The van der Waals surface area contributed by atoms with Gasteiger partial charge in [0, 0.05) is 11.8 Å². The Morgan fingerprint density at radius 2 is 1.80 bits per heavy atom. The Labute approximate surface area is 126 Å². The fraction of sp³-hybridized carbons (Fsp3) is 0.500. The van der Waals surface area contributed by atoms with Crippen molar-refractivity contribution in [3.63, 3.8) is 0 Å². The molecule has 1 heterocycles. The third-order valence-electron chi connectivity index (χ3n) is 4.43. The van der Waals surface area contributed by atoms with Crippen molar-refractivity contribution in [3.05, 3.63) is 52.0 Å². The molecule has 1 aromatic carbocycles. The Kier molecular flexibility index (Phi) is 3.93. The van der Waals surface area contributed by atoms with Gasteiger partial charge in [0.15, 0.2) is 12.2 Å². The van der Waals surface area contributed by atoms with E-state index in [0.29, 0.717) is 0 Å². The van der Waals surface area contributed by atoms with Crippen LogP contribution in [0.25, 0.3) is 0 Å². The zero-order valence-electron chi connectivity index (χ0n) is 12.6. The fourth-order valence-electron chi connectivity index (χ4n) is 3.20. The van der Waals surface area contributed by atoms with Crippen LogP contribution in [-0.4, -0.2) is 0 Å². The topological polar surface area (TPSA) is 3.88 Å². The summed E-state index contributed by atoms with van der Waals surface area (Å²) in [5.74, 6) is 0. The minimum Gasteiger partial charge on any atom is -0.192 e. The lowest BCUT2D eigenvalue weighted by molar-refractivity contribution is -0.706. The highest BCUT2D eigenvalue weighted by molar-refractivity contribution is 7.09. The molecule has 1 aliphatic carbocycles. The molecule has 0 saturated heterocycles. The van der Waals surface area contributed by atoms with E-state index in [4.69, 9.17) is 0 Å². The molecule has 0 aliphatic heterocycles. The highest BCUT2D eigenvalue weighted by Crippen LogP contribution is 2.26. The van der Waals surface area contributed by atoms with E-state index >= 15 is 0 Å². The van der Waals surface area contributed by atoms with Crippen LogP contribution in [0, 0.1) is 0 Å². The SMILES string of the molecule is CC(C)(C[n+]1csc2c1CCCCC2)c1ccccc1. The summed E-state index contributed by atoms with van der Waals surface area (Å²) in [5, 5.41) is 0. The molecule has 3 rings (SSSR count). The van der Waals surface area contributed by atoms with Crippen molar-refractivity contribution in [2.45, 2.75) is 57.9 Å². The van der Waals surface area contributed by atoms with Gasteiger partial charge in [0.1, 0.15) is 0 Å².